The van der Waals surface area contributed by atoms with Gasteiger partial charge in [-0.3, -0.25) is 0 Å². The smallest absolute Gasteiger partial charge is 0.294 e. The van der Waals surface area contributed by atoms with Gasteiger partial charge in [0, 0.05) is 0 Å². The second kappa shape index (κ2) is 3.02. The van der Waals surface area contributed by atoms with Crippen molar-refractivity contribution in [1.82, 2.24) is 10.1 Å². The van der Waals surface area contributed by atoms with Crippen LogP contribution in [-0.2, 0) is 0 Å². The van der Waals surface area contributed by atoms with E-state index >= 15 is 0 Å². The third-order valence-electron chi connectivity index (χ3n) is 1.19. The van der Waals surface area contributed by atoms with Crippen LogP contribution in [0.5, 0.6) is 0 Å². The summed E-state index contributed by atoms with van der Waals surface area (Å²) < 4.78 is 11.1. The molecule has 0 bridgehead atoms. The van der Waals surface area contributed by atoms with Crippen molar-refractivity contribution >= 4 is 31.9 Å². The molecular weight excluding hydrogens is 292 g/mol. The van der Waals surface area contributed by atoms with Gasteiger partial charge < -0.3 is 8.94 Å². The zero-order valence-electron chi connectivity index (χ0n) is 5.62. The van der Waals surface area contributed by atoms with Gasteiger partial charge in [0.25, 0.3) is 5.89 Å². The van der Waals surface area contributed by atoms with E-state index in [0.29, 0.717) is 21.1 Å². The number of hydrogen-bond donors (Lipinski definition) is 0. The molecule has 0 atom stereocenters. The summed E-state index contributed by atoms with van der Waals surface area (Å²) in [5.41, 5.74) is 0. The highest BCUT2D eigenvalue weighted by Crippen LogP contribution is 2.23. The zero-order valence-corrected chi connectivity index (χ0v) is 8.79. The van der Waals surface area contributed by atoms with Gasteiger partial charge in [-0.2, -0.15) is 4.98 Å². The molecule has 0 spiro atoms. The molecule has 0 fully saturated rings. The SMILES string of the molecule is Brc1noc(-c2ccc(Br)o2)n1. The number of nitrogens with zero attached hydrogens (tertiary/aromatic N) is 2. The summed E-state index contributed by atoms with van der Waals surface area (Å²) in [5, 5.41) is 3.56. The minimum absolute atomic E-state index is 0.354. The van der Waals surface area contributed by atoms with E-state index in [1.165, 1.54) is 0 Å². The molecule has 0 unspecified atom stereocenters. The minimum atomic E-state index is 0.354. The Morgan fingerprint density at radius 2 is 2.08 bits per heavy atom. The van der Waals surface area contributed by atoms with Gasteiger partial charge in [0.1, 0.15) is 0 Å². The molecule has 0 aliphatic carbocycles. The molecule has 2 heterocycles. The van der Waals surface area contributed by atoms with Gasteiger partial charge in [0.2, 0.25) is 4.73 Å². The predicted octanol–water partition coefficient (Wildman–Crippen LogP) is 2.85. The Bertz CT molecular complexity index is 357. The van der Waals surface area contributed by atoms with Gasteiger partial charge in [-0.15, -0.1) is 0 Å². The van der Waals surface area contributed by atoms with Crippen molar-refractivity contribution in [1.29, 1.82) is 0 Å². The van der Waals surface area contributed by atoms with Crippen molar-refractivity contribution in [2.75, 3.05) is 0 Å². The Hall–Kier alpha value is -0.620. The predicted molar refractivity (Wildman–Crippen MR) is 47.4 cm³/mol. The lowest BCUT2D eigenvalue weighted by atomic mass is 10.4. The lowest BCUT2D eigenvalue weighted by Crippen LogP contribution is -1.70. The van der Waals surface area contributed by atoms with E-state index in [1.807, 2.05) is 0 Å². The molecule has 2 rings (SSSR count). The average Bonchev–Trinajstić information content (AvgIpc) is 2.58. The fourth-order valence-corrected chi connectivity index (χ4v) is 1.27. The summed E-state index contributed by atoms with van der Waals surface area (Å²) in [6.45, 7) is 0. The topological polar surface area (TPSA) is 52.1 Å². The Morgan fingerprint density at radius 1 is 1.25 bits per heavy atom. The highest BCUT2D eigenvalue weighted by molar-refractivity contribution is 9.10. The van der Waals surface area contributed by atoms with Crippen LogP contribution >= 0.6 is 31.9 Å². The molecule has 12 heavy (non-hydrogen) atoms. The highest BCUT2D eigenvalue weighted by Gasteiger charge is 2.10. The van der Waals surface area contributed by atoms with Crippen molar-refractivity contribution in [3.05, 3.63) is 21.5 Å². The van der Waals surface area contributed by atoms with Gasteiger partial charge in [0.05, 0.1) is 0 Å². The Balaban J connectivity index is 2.43. The maximum Gasteiger partial charge on any atom is 0.294 e. The molecule has 0 radical (unpaired) electrons. The average molecular weight is 294 g/mol. The fourth-order valence-electron chi connectivity index (χ4n) is 0.735. The first-order valence-corrected chi connectivity index (χ1v) is 4.59. The standard InChI is InChI=1S/C6H2Br2N2O2/c7-4-2-1-3(11-4)5-9-6(8)10-12-5/h1-2H. The largest absolute Gasteiger partial charge is 0.444 e. The summed E-state index contributed by atoms with van der Waals surface area (Å²) in [4.78, 5) is 3.92. The van der Waals surface area contributed by atoms with Crippen LogP contribution in [0, 0.1) is 0 Å². The summed E-state index contributed by atoms with van der Waals surface area (Å²) in [6, 6.07) is 3.50. The molecular formula is C6H2Br2N2O2. The van der Waals surface area contributed by atoms with E-state index in [1.54, 1.807) is 12.1 Å². The Labute approximate surface area is 84.2 Å². The number of halogens is 2. The van der Waals surface area contributed by atoms with Gasteiger partial charge in [-0.05, 0) is 49.1 Å². The normalized spacial score (nSPS) is 10.5. The van der Waals surface area contributed by atoms with Crippen molar-refractivity contribution in [3.8, 4) is 11.7 Å². The van der Waals surface area contributed by atoms with Crippen LogP contribution in [-0.4, -0.2) is 10.1 Å². The molecule has 4 nitrogen and oxygen atoms in total. The van der Waals surface area contributed by atoms with Gasteiger partial charge in [0.15, 0.2) is 10.4 Å². The summed E-state index contributed by atoms with van der Waals surface area (Å²) >= 11 is 6.23. The molecule has 0 aromatic carbocycles. The van der Waals surface area contributed by atoms with Crippen LogP contribution in [0.2, 0.25) is 0 Å². The van der Waals surface area contributed by atoms with Gasteiger partial charge in [-0.1, -0.05) is 0 Å². The van der Waals surface area contributed by atoms with Crippen LogP contribution in [0.25, 0.3) is 11.7 Å². The first-order valence-electron chi connectivity index (χ1n) is 3.00. The number of rotatable bonds is 1. The third-order valence-corrected chi connectivity index (χ3v) is 1.93. The number of furan rings is 1. The lowest BCUT2D eigenvalue weighted by molar-refractivity contribution is 0.410. The highest BCUT2D eigenvalue weighted by atomic mass is 79.9. The monoisotopic (exact) mass is 292 g/mol. The van der Waals surface area contributed by atoms with Crippen LogP contribution in [0.3, 0.4) is 0 Å². The first-order chi connectivity index (χ1) is 5.75. The van der Waals surface area contributed by atoms with Gasteiger partial charge in [-0.25, -0.2) is 0 Å². The maximum atomic E-state index is 5.18. The van der Waals surface area contributed by atoms with Crippen LogP contribution < -0.4 is 0 Å². The Morgan fingerprint density at radius 3 is 2.58 bits per heavy atom. The summed E-state index contributed by atoms with van der Waals surface area (Å²) in [5.74, 6) is 0.896. The van der Waals surface area contributed by atoms with E-state index < -0.39 is 0 Å². The fraction of sp³-hybridized carbons (Fsp3) is 0. The second-order valence-corrected chi connectivity index (χ2v) is 3.46. The molecule has 0 saturated heterocycles. The molecule has 2 aromatic heterocycles. The van der Waals surface area contributed by atoms with Crippen LogP contribution in [0.1, 0.15) is 0 Å². The molecule has 62 valence electrons. The molecule has 0 saturated carbocycles. The number of aromatic nitrogens is 2. The molecule has 2 aromatic rings. The summed E-state index contributed by atoms with van der Waals surface area (Å²) in [6.07, 6.45) is 0. The maximum absolute atomic E-state index is 5.18. The van der Waals surface area contributed by atoms with Crippen molar-refractivity contribution < 1.29 is 8.94 Å². The van der Waals surface area contributed by atoms with E-state index in [-0.39, 0.29) is 0 Å². The minimum Gasteiger partial charge on any atom is -0.444 e. The van der Waals surface area contributed by atoms with Crippen LogP contribution in [0.15, 0.2) is 30.5 Å². The lowest BCUT2D eigenvalue weighted by Gasteiger charge is -1.82. The van der Waals surface area contributed by atoms with Crippen molar-refractivity contribution in [2.45, 2.75) is 0 Å². The van der Waals surface area contributed by atoms with Crippen molar-refractivity contribution in [2.24, 2.45) is 0 Å². The van der Waals surface area contributed by atoms with Crippen LogP contribution in [0.4, 0.5) is 0 Å². The molecule has 6 heteroatoms. The van der Waals surface area contributed by atoms with E-state index in [9.17, 15) is 0 Å². The summed E-state index contributed by atoms with van der Waals surface area (Å²) in [7, 11) is 0. The van der Waals surface area contributed by atoms with Crippen molar-refractivity contribution in [3.63, 3.8) is 0 Å². The van der Waals surface area contributed by atoms with Gasteiger partial charge >= 0.3 is 0 Å². The van der Waals surface area contributed by atoms with E-state index in [0.717, 1.165) is 0 Å². The molecule has 0 aliphatic heterocycles. The Kier molecular flexibility index (Phi) is 2.02. The van der Waals surface area contributed by atoms with E-state index in [2.05, 4.69) is 42.0 Å². The molecule has 0 N–H and O–H groups in total. The third kappa shape index (κ3) is 1.44. The molecule has 0 amide bonds. The zero-order chi connectivity index (χ0) is 8.55. The molecule has 0 aliphatic rings. The number of hydrogen-bond acceptors (Lipinski definition) is 4. The second-order valence-electron chi connectivity index (χ2n) is 1.97. The first kappa shape index (κ1) is 8.00. The van der Waals surface area contributed by atoms with E-state index in [4.69, 9.17) is 8.94 Å². The quantitative estimate of drug-likeness (QED) is 0.811.